The van der Waals surface area contributed by atoms with Crippen LogP contribution in [0.25, 0.3) is 5.65 Å². The van der Waals surface area contributed by atoms with Crippen molar-refractivity contribution in [3.8, 4) is 5.88 Å². The van der Waals surface area contributed by atoms with Crippen LogP contribution < -0.4 is 10.1 Å². The summed E-state index contributed by atoms with van der Waals surface area (Å²) in [6.45, 7) is 4.52. The van der Waals surface area contributed by atoms with Gasteiger partial charge in [0, 0.05) is 18.5 Å². The van der Waals surface area contributed by atoms with Crippen LogP contribution in [-0.4, -0.2) is 61.8 Å². The van der Waals surface area contributed by atoms with Gasteiger partial charge in [-0.05, 0) is 26.2 Å². The number of halogens is 3. The predicted octanol–water partition coefficient (Wildman–Crippen LogP) is 3.13. The minimum absolute atomic E-state index is 0.0486. The second-order valence-electron chi connectivity index (χ2n) is 8.70. The van der Waals surface area contributed by atoms with E-state index < -0.39 is 18.1 Å². The van der Waals surface area contributed by atoms with Crippen LogP contribution in [0.1, 0.15) is 48.3 Å². The number of amides is 1. The molecule has 2 bridgehead atoms. The van der Waals surface area contributed by atoms with Crippen molar-refractivity contribution in [2.24, 2.45) is 0 Å². The Labute approximate surface area is 196 Å². The van der Waals surface area contributed by atoms with Crippen LogP contribution in [-0.2, 0) is 14.9 Å². The molecule has 3 aromatic rings. The van der Waals surface area contributed by atoms with E-state index >= 15 is 0 Å². The Morgan fingerprint density at radius 3 is 2.43 bits per heavy atom. The fourth-order valence-electron chi connectivity index (χ4n) is 4.32. The van der Waals surface area contributed by atoms with Gasteiger partial charge in [-0.25, -0.2) is 14.8 Å². The number of hydrogen-bond donors (Lipinski definition) is 2. The molecule has 5 rings (SSSR count). The van der Waals surface area contributed by atoms with Crippen molar-refractivity contribution in [3.63, 3.8) is 0 Å². The lowest BCUT2D eigenvalue weighted by Gasteiger charge is -2.24. The van der Waals surface area contributed by atoms with Crippen molar-refractivity contribution in [2.45, 2.75) is 50.3 Å². The van der Waals surface area contributed by atoms with E-state index in [9.17, 15) is 18.0 Å². The number of aliphatic carboxylic acids is 1. The molecule has 2 N–H and O–H groups in total. The van der Waals surface area contributed by atoms with E-state index in [0.717, 1.165) is 25.0 Å². The first-order valence-electron chi connectivity index (χ1n) is 10.5. The zero-order chi connectivity index (χ0) is 25.6. The van der Waals surface area contributed by atoms with E-state index in [4.69, 9.17) is 28.8 Å². The second kappa shape index (κ2) is 8.52. The van der Waals surface area contributed by atoms with Crippen molar-refractivity contribution < 1.29 is 41.8 Å². The Kier molecular flexibility index (Phi) is 5.95. The zero-order valence-electron chi connectivity index (χ0n) is 19.0. The molecular formula is C21H22F3N5O6. The van der Waals surface area contributed by atoms with Gasteiger partial charge in [0.25, 0.3) is 11.8 Å². The highest BCUT2D eigenvalue weighted by atomic mass is 19.4. The summed E-state index contributed by atoms with van der Waals surface area (Å²) >= 11 is 0. The number of aromatic nitrogens is 4. The summed E-state index contributed by atoms with van der Waals surface area (Å²) in [4.78, 5) is 34.5. The van der Waals surface area contributed by atoms with Crippen molar-refractivity contribution >= 4 is 23.3 Å². The number of fused-ring (bicyclic) bond motifs is 3. The Balaban J connectivity index is 0.000000364. The van der Waals surface area contributed by atoms with Crippen molar-refractivity contribution in [1.29, 1.82) is 0 Å². The predicted molar refractivity (Wildman–Crippen MR) is 112 cm³/mol. The van der Waals surface area contributed by atoms with Crippen LogP contribution in [0.5, 0.6) is 5.88 Å². The van der Waals surface area contributed by atoms with Gasteiger partial charge in [0.15, 0.2) is 17.4 Å². The zero-order valence-corrected chi connectivity index (χ0v) is 19.0. The van der Waals surface area contributed by atoms with Gasteiger partial charge in [-0.15, -0.1) is 0 Å². The van der Waals surface area contributed by atoms with Crippen LogP contribution in [0, 0.1) is 6.92 Å². The Hall–Kier alpha value is -3.68. The van der Waals surface area contributed by atoms with Crippen molar-refractivity contribution in [1.82, 2.24) is 19.4 Å². The number of carboxylic acid groups (broad SMARTS) is 1. The smallest absolute Gasteiger partial charge is 0.478 e. The molecule has 1 aliphatic heterocycles. The molecule has 2 fully saturated rings. The first-order valence-corrected chi connectivity index (χ1v) is 10.5. The van der Waals surface area contributed by atoms with E-state index in [1.54, 1.807) is 13.1 Å². The number of nitrogens with one attached hydrogen (secondary N) is 1. The molecule has 1 aliphatic carbocycles. The minimum Gasteiger partial charge on any atom is -0.478 e. The molecule has 188 valence electrons. The number of carboxylic acids is 1. The first-order chi connectivity index (χ1) is 16.3. The third kappa shape index (κ3) is 4.78. The number of anilines is 1. The second-order valence-corrected chi connectivity index (χ2v) is 8.70. The SMILES string of the molecule is COc1nc(NC(=O)c2coc(C)n2)cn2cc(C34CCC(C)(C3)OC4)nc12.O=C(O)C(F)(F)F. The molecule has 11 nitrogen and oxygen atoms in total. The summed E-state index contributed by atoms with van der Waals surface area (Å²) in [6, 6.07) is 0. The molecule has 0 aromatic carbocycles. The molecule has 35 heavy (non-hydrogen) atoms. The molecule has 0 radical (unpaired) electrons. The maximum atomic E-state index is 12.4. The number of alkyl halides is 3. The minimum atomic E-state index is -5.08. The van der Waals surface area contributed by atoms with Gasteiger partial charge < -0.3 is 24.3 Å². The maximum absolute atomic E-state index is 12.4. The lowest BCUT2D eigenvalue weighted by molar-refractivity contribution is -0.192. The number of methoxy groups -OCH3 is 1. The van der Waals surface area contributed by atoms with Crippen LogP contribution >= 0.6 is 0 Å². The molecule has 1 amide bonds. The molecule has 3 aromatic heterocycles. The average molecular weight is 497 g/mol. The van der Waals surface area contributed by atoms with Gasteiger partial charge >= 0.3 is 12.1 Å². The Morgan fingerprint density at radius 2 is 1.94 bits per heavy atom. The van der Waals surface area contributed by atoms with E-state index in [-0.39, 0.29) is 16.7 Å². The molecule has 14 heteroatoms. The first kappa shape index (κ1) is 24.4. The van der Waals surface area contributed by atoms with Crippen LogP contribution in [0.3, 0.4) is 0 Å². The number of aryl methyl sites for hydroxylation is 1. The molecule has 1 saturated heterocycles. The third-order valence-electron chi connectivity index (χ3n) is 6.02. The highest BCUT2D eigenvalue weighted by Crippen LogP contribution is 2.53. The summed E-state index contributed by atoms with van der Waals surface area (Å²) in [7, 11) is 1.53. The molecule has 1 saturated carbocycles. The van der Waals surface area contributed by atoms with Gasteiger partial charge in [0.1, 0.15) is 6.26 Å². The lowest BCUT2D eigenvalue weighted by Crippen LogP contribution is -2.26. The van der Waals surface area contributed by atoms with E-state index in [1.165, 1.54) is 13.4 Å². The topological polar surface area (TPSA) is 141 Å². The fourth-order valence-corrected chi connectivity index (χ4v) is 4.32. The van der Waals surface area contributed by atoms with E-state index in [2.05, 4.69) is 22.2 Å². The quantitative estimate of drug-likeness (QED) is 0.556. The molecular weight excluding hydrogens is 475 g/mol. The maximum Gasteiger partial charge on any atom is 0.490 e. The number of carbonyl (C=O) groups excluding carboxylic acids is 1. The normalized spacial score (nSPS) is 23.1. The van der Waals surface area contributed by atoms with Gasteiger partial charge in [0.05, 0.1) is 31.2 Å². The van der Waals surface area contributed by atoms with Crippen molar-refractivity contribution in [3.05, 3.63) is 35.9 Å². The van der Waals surface area contributed by atoms with Crippen LogP contribution in [0.4, 0.5) is 19.0 Å². The van der Waals surface area contributed by atoms with Gasteiger partial charge in [0.2, 0.25) is 5.65 Å². The molecule has 4 heterocycles. The summed E-state index contributed by atoms with van der Waals surface area (Å²) in [6.07, 6.45) is 2.99. The Bertz CT molecular complexity index is 1280. The largest absolute Gasteiger partial charge is 0.490 e. The number of ether oxygens (including phenoxy) is 2. The monoisotopic (exact) mass is 497 g/mol. The van der Waals surface area contributed by atoms with Gasteiger partial charge in [-0.1, -0.05) is 0 Å². The molecule has 2 aliphatic rings. The highest BCUT2D eigenvalue weighted by Gasteiger charge is 2.55. The van der Waals surface area contributed by atoms with Gasteiger partial charge in [-0.2, -0.15) is 18.2 Å². The third-order valence-corrected chi connectivity index (χ3v) is 6.02. The number of imidazole rings is 1. The lowest BCUT2D eigenvalue weighted by atomic mass is 9.84. The summed E-state index contributed by atoms with van der Waals surface area (Å²) in [5.41, 5.74) is 1.67. The summed E-state index contributed by atoms with van der Waals surface area (Å²) < 4.78 is 50.1. The number of rotatable bonds is 4. The van der Waals surface area contributed by atoms with Gasteiger partial charge in [-0.3, -0.25) is 9.20 Å². The number of oxazole rings is 1. The number of hydrogen-bond acceptors (Lipinski definition) is 8. The highest BCUT2D eigenvalue weighted by molar-refractivity contribution is 6.02. The number of nitrogens with zero attached hydrogens (tertiary/aromatic N) is 4. The summed E-state index contributed by atoms with van der Waals surface area (Å²) in [5.74, 6) is -2.05. The standard InChI is InChI=1S/C19H21N5O4.C2HF3O2/c1-11-20-12(8-27-11)16(25)22-14-7-24-6-13(21-15(24)17(23-14)26-3)19-5-4-18(2,9-19)28-10-19;3-2(4,5)1(6)7/h6-8H,4-5,9-10H2,1-3H3,(H,22,25);(H,6,7). The average Bonchev–Trinajstić information content (AvgIpc) is 3.54. The molecule has 2 atom stereocenters. The number of carbonyl (C=O) groups is 2. The van der Waals surface area contributed by atoms with E-state index in [0.29, 0.717) is 29.8 Å². The van der Waals surface area contributed by atoms with E-state index in [1.807, 2.05) is 10.6 Å². The summed E-state index contributed by atoms with van der Waals surface area (Å²) in [5, 5.41) is 9.85. The van der Waals surface area contributed by atoms with Crippen LogP contribution in [0.15, 0.2) is 23.1 Å². The fraction of sp³-hybridized carbons (Fsp3) is 0.476. The Morgan fingerprint density at radius 1 is 1.23 bits per heavy atom. The molecule has 0 spiro atoms. The van der Waals surface area contributed by atoms with Crippen molar-refractivity contribution in [2.75, 3.05) is 19.0 Å². The molecule has 2 unspecified atom stereocenters. The van der Waals surface area contributed by atoms with Crippen LogP contribution in [0.2, 0.25) is 0 Å².